The van der Waals surface area contributed by atoms with Gasteiger partial charge < -0.3 is 5.73 Å². The Balaban J connectivity index is 1.66. The van der Waals surface area contributed by atoms with Gasteiger partial charge in [-0.1, -0.05) is 90.5 Å². The lowest BCUT2D eigenvalue weighted by atomic mass is 9.85. The molecule has 0 bridgehead atoms. The smallest absolute Gasteiger partial charge is 0.0604 e. The monoisotopic (exact) mass is 342 g/mol. The van der Waals surface area contributed by atoms with E-state index in [2.05, 4.69) is 96.8 Å². The molecule has 4 rings (SSSR count). The van der Waals surface area contributed by atoms with E-state index >= 15 is 0 Å². The molecule has 1 fully saturated rings. The van der Waals surface area contributed by atoms with E-state index in [9.17, 15) is 0 Å². The van der Waals surface area contributed by atoms with Crippen LogP contribution in [0.4, 0.5) is 0 Å². The van der Waals surface area contributed by atoms with Gasteiger partial charge in [0.1, 0.15) is 0 Å². The van der Waals surface area contributed by atoms with E-state index in [4.69, 9.17) is 5.73 Å². The van der Waals surface area contributed by atoms with Crippen molar-refractivity contribution >= 4 is 0 Å². The Morgan fingerprint density at radius 1 is 0.808 bits per heavy atom. The zero-order valence-corrected chi connectivity index (χ0v) is 15.3. The van der Waals surface area contributed by atoms with E-state index in [-0.39, 0.29) is 12.1 Å². The Hall–Kier alpha value is -2.42. The van der Waals surface area contributed by atoms with E-state index in [1.807, 2.05) is 0 Å². The highest BCUT2D eigenvalue weighted by Crippen LogP contribution is 2.39. The van der Waals surface area contributed by atoms with E-state index in [0.29, 0.717) is 6.04 Å². The van der Waals surface area contributed by atoms with Gasteiger partial charge in [0.25, 0.3) is 0 Å². The molecule has 2 N–H and O–H groups in total. The average Bonchev–Trinajstić information content (AvgIpc) is 2.66. The summed E-state index contributed by atoms with van der Waals surface area (Å²) in [6.45, 7) is 3.21. The largest absolute Gasteiger partial charge is 0.323 e. The number of nitrogens with two attached hydrogens (primary N) is 1. The third-order valence-electron chi connectivity index (χ3n) is 5.51. The van der Waals surface area contributed by atoms with Crippen LogP contribution in [0, 0.1) is 6.92 Å². The van der Waals surface area contributed by atoms with E-state index in [0.717, 1.165) is 13.0 Å². The van der Waals surface area contributed by atoms with Crippen molar-refractivity contribution in [2.45, 2.75) is 31.5 Å². The van der Waals surface area contributed by atoms with Crippen molar-refractivity contribution < 1.29 is 0 Å². The Morgan fingerprint density at radius 3 is 1.88 bits per heavy atom. The molecular formula is C24H26N2. The minimum absolute atomic E-state index is 0.0403. The van der Waals surface area contributed by atoms with Gasteiger partial charge in [-0.25, -0.2) is 0 Å². The van der Waals surface area contributed by atoms with Gasteiger partial charge in [-0.3, -0.25) is 4.90 Å². The summed E-state index contributed by atoms with van der Waals surface area (Å²) in [6.07, 6.45) is 1.14. The van der Waals surface area contributed by atoms with Crippen molar-refractivity contribution in [3.63, 3.8) is 0 Å². The molecule has 0 radical (unpaired) electrons. The summed E-state index contributed by atoms with van der Waals surface area (Å²) in [5.41, 5.74) is 11.9. The molecule has 1 saturated heterocycles. The van der Waals surface area contributed by atoms with Gasteiger partial charge in [-0.05, 0) is 30.0 Å². The zero-order valence-electron chi connectivity index (χ0n) is 15.3. The lowest BCUT2D eigenvalue weighted by Gasteiger charge is -2.49. The van der Waals surface area contributed by atoms with Crippen LogP contribution in [-0.2, 0) is 0 Å². The molecular weight excluding hydrogens is 316 g/mol. The molecule has 2 nitrogen and oxygen atoms in total. The van der Waals surface area contributed by atoms with Crippen molar-refractivity contribution in [3.05, 3.63) is 107 Å². The van der Waals surface area contributed by atoms with Crippen molar-refractivity contribution in [3.8, 4) is 0 Å². The number of rotatable bonds is 5. The highest BCUT2D eigenvalue weighted by atomic mass is 15.3. The topological polar surface area (TPSA) is 29.3 Å². The Labute approximate surface area is 156 Å². The van der Waals surface area contributed by atoms with Crippen LogP contribution in [0.25, 0.3) is 0 Å². The molecule has 0 spiro atoms. The lowest BCUT2D eigenvalue weighted by Crippen LogP contribution is -2.54. The first-order valence-corrected chi connectivity index (χ1v) is 9.42. The first-order valence-electron chi connectivity index (χ1n) is 9.42. The summed E-state index contributed by atoms with van der Waals surface area (Å²) >= 11 is 0. The minimum atomic E-state index is 0.0403. The number of benzene rings is 3. The molecule has 2 heteroatoms. The molecule has 1 unspecified atom stereocenters. The first kappa shape index (κ1) is 17.0. The second-order valence-electron chi connectivity index (χ2n) is 7.26. The van der Waals surface area contributed by atoms with Crippen LogP contribution in [0.2, 0.25) is 0 Å². The summed E-state index contributed by atoms with van der Waals surface area (Å²) in [7, 11) is 0. The molecule has 132 valence electrons. The maximum Gasteiger partial charge on any atom is 0.0604 e. The van der Waals surface area contributed by atoms with Gasteiger partial charge in [0.15, 0.2) is 0 Å². The predicted molar refractivity (Wildman–Crippen MR) is 108 cm³/mol. The standard InChI is InChI=1S/C24H26N2/c1-18-9-8-14-21(17-18)23(25)22-15-16-26(22)24(19-10-4-2-5-11-19)20-12-6-3-7-13-20/h2-14,17,22-24H,15-16,25H2,1H3/t22-,23?/m0/s1. The van der Waals surface area contributed by atoms with Crippen molar-refractivity contribution in [1.29, 1.82) is 0 Å². The van der Waals surface area contributed by atoms with Gasteiger partial charge in [0.2, 0.25) is 0 Å². The number of hydrogen-bond acceptors (Lipinski definition) is 2. The highest BCUT2D eigenvalue weighted by Gasteiger charge is 2.39. The number of likely N-dealkylation sites (tertiary alicyclic amines) is 1. The summed E-state index contributed by atoms with van der Waals surface area (Å²) in [4.78, 5) is 2.57. The molecule has 0 saturated carbocycles. The summed E-state index contributed by atoms with van der Waals surface area (Å²) < 4.78 is 0. The summed E-state index contributed by atoms with van der Waals surface area (Å²) in [5.74, 6) is 0. The Morgan fingerprint density at radius 2 is 1.38 bits per heavy atom. The molecule has 1 aliphatic rings. The molecule has 3 aromatic rings. The second-order valence-corrected chi connectivity index (χ2v) is 7.26. The van der Waals surface area contributed by atoms with Crippen LogP contribution in [0.1, 0.15) is 40.8 Å². The van der Waals surface area contributed by atoms with Crippen molar-refractivity contribution in [2.24, 2.45) is 5.73 Å². The lowest BCUT2D eigenvalue weighted by molar-refractivity contribution is 0.0392. The average molecular weight is 342 g/mol. The fourth-order valence-electron chi connectivity index (χ4n) is 4.08. The molecule has 0 aromatic heterocycles. The Kier molecular flexibility index (Phi) is 4.87. The maximum absolute atomic E-state index is 6.71. The van der Waals surface area contributed by atoms with Gasteiger partial charge in [0.05, 0.1) is 6.04 Å². The van der Waals surface area contributed by atoms with Crippen LogP contribution in [0.3, 0.4) is 0 Å². The second kappa shape index (κ2) is 7.45. The van der Waals surface area contributed by atoms with Gasteiger partial charge in [-0.2, -0.15) is 0 Å². The van der Waals surface area contributed by atoms with Crippen molar-refractivity contribution in [2.75, 3.05) is 6.54 Å². The Bertz CT molecular complexity index is 805. The molecule has 1 aliphatic heterocycles. The van der Waals surface area contributed by atoms with Crippen LogP contribution in [0.15, 0.2) is 84.9 Å². The third-order valence-corrected chi connectivity index (χ3v) is 5.51. The van der Waals surface area contributed by atoms with Gasteiger partial charge >= 0.3 is 0 Å². The molecule has 2 atom stereocenters. The van der Waals surface area contributed by atoms with Crippen LogP contribution >= 0.6 is 0 Å². The van der Waals surface area contributed by atoms with E-state index in [1.165, 1.54) is 22.3 Å². The fraction of sp³-hybridized carbons (Fsp3) is 0.250. The van der Waals surface area contributed by atoms with Crippen LogP contribution in [0.5, 0.6) is 0 Å². The molecule has 1 heterocycles. The van der Waals surface area contributed by atoms with Crippen LogP contribution in [-0.4, -0.2) is 17.5 Å². The number of nitrogens with zero attached hydrogens (tertiary/aromatic N) is 1. The predicted octanol–water partition coefficient (Wildman–Crippen LogP) is 4.86. The third kappa shape index (κ3) is 3.31. The van der Waals surface area contributed by atoms with Gasteiger partial charge in [-0.15, -0.1) is 0 Å². The quantitative estimate of drug-likeness (QED) is 0.717. The first-order chi connectivity index (χ1) is 12.7. The number of aryl methyl sites for hydroxylation is 1. The number of hydrogen-bond donors (Lipinski definition) is 1. The summed E-state index contributed by atoms with van der Waals surface area (Å²) in [5, 5.41) is 0. The normalized spacial score (nSPS) is 18.5. The minimum Gasteiger partial charge on any atom is -0.323 e. The van der Waals surface area contributed by atoms with Crippen LogP contribution < -0.4 is 5.73 Å². The summed E-state index contributed by atoms with van der Waals surface area (Å²) in [6, 6.07) is 30.9. The molecule has 26 heavy (non-hydrogen) atoms. The molecule has 0 amide bonds. The maximum atomic E-state index is 6.71. The van der Waals surface area contributed by atoms with Gasteiger partial charge in [0, 0.05) is 18.6 Å². The van der Waals surface area contributed by atoms with E-state index in [1.54, 1.807) is 0 Å². The highest BCUT2D eigenvalue weighted by molar-refractivity contribution is 5.34. The van der Waals surface area contributed by atoms with Crippen molar-refractivity contribution in [1.82, 2.24) is 4.90 Å². The SMILES string of the molecule is Cc1cccc(C(N)[C@@H]2CCN2C(c2ccccc2)c2ccccc2)c1. The fourth-order valence-corrected chi connectivity index (χ4v) is 4.08. The molecule has 0 aliphatic carbocycles. The van der Waals surface area contributed by atoms with E-state index < -0.39 is 0 Å². The zero-order chi connectivity index (χ0) is 17.9. The molecule has 3 aromatic carbocycles.